The van der Waals surface area contributed by atoms with Gasteiger partial charge in [-0.3, -0.25) is 4.79 Å². The Bertz CT molecular complexity index is 429. The lowest BCUT2D eigenvalue weighted by Crippen LogP contribution is -2.50. The van der Waals surface area contributed by atoms with E-state index in [1.807, 2.05) is 13.8 Å². The van der Waals surface area contributed by atoms with E-state index in [1.54, 1.807) is 20.0 Å². The highest BCUT2D eigenvalue weighted by atomic mass is 19.1. The topological polar surface area (TPSA) is 46.3 Å². The van der Waals surface area contributed by atoms with E-state index in [2.05, 4.69) is 0 Å². The fourth-order valence-electron chi connectivity index (χ4n) is 1.39. The normalized spacial score (nSPS) is 11.4. The van der Waals surface area contributed by atoms with Crippen LogP contribution >= 0.6 is 0 Å². The number of hydrogen-bond donors (Lipinski definition) is 1. The lowest BCUT2D eigenvalue weighted by molar-refractivity contribution is 0.0635. The quantitative estimate of drug-likeness (QED) is 0.874. The smallest absolute Gasteiger partial charge is 0.257 e. The molecule has 0 aliphatic heterocycles. The van der Waals surface area contributed by atoms with Crippen LogP contribution in [0.3, 0.4) is 0 Å². The number of halogens is 1. The van der Waals surface area contributed by atoms with Crippen LogP contribution in [0, 0.1) is 12.7 Å². The van der Waals surface area contributed by atoms with Crippen LogP contribution < -0.4 is 5.73 Å². The number of nitrogens with two attached hydrogens (primary N) is 1. The van der Waals surface area contributed by atoms with E-state index in [0.29, 0.717) is 6.54 Å². The second-order valence-electron chi connectivity index (χ2n) is 4.86. The van der Waals surface area contributed by atoms with Crippen molar-refractivity contribution in [1.82, 2.24) is 4.90 Å². The van der Waals surface area contributed by atoms with Gasteiger partial charge >= 0.3 is 0 Å². The first-order valence-corrected chi connectivity index (χ1v) is 5.54. The van der Waals surface area contributed by atoms with Gasteiger partial charge in [0.05, 0.1) is 5.56 Å². The number of carbonyl (C=O) groups is 1. The van der Waals surface area contributed by atoms with E-state index < -0.39 is 11.4 Å². The molecule has 0 aliphatic rings. The maximum atomic E-state index is 13.7. The molecule has 17 heavy (non-hydrogen) atoms. The van der Waals surface area contributed by atoms with Crippen LogP contribution in [0.4, 0.5) is 4.39 Å². The molecule has 0 aliphatic carbocycles. The molecular weight excluding hydrogens is 219 g/mol. The summed E-state index contributed by atoms with van der Waals surface area (Å²) in [6.07, 6.45) is 0. The predicted molar refractivity (Wildman–Crippen MR) is 66.4 cm³/mol. The van der Waals surface area contributed by atoms with Crippen molar-refractivity contribution in [2.24, 2.45) is 5.73 Å². The molecule has 3 nitrogen and oxygen atoms in total. The average molecular weight is 238 g/mol. The lowest BCUT2D eigenvalue weighted by atomic mass is 10.0. The minimum atomic E-state index is -0.492. The third-order valence-electron chi connectivity index (χ3n) is 3.07. The molecule has 4 heteroatoms. The molecule has 0 saturated carbocycles. The van der Waals surface area contributed by atoms with Crippen molar-refractivity contribution in [3.8, 4) is 0 Å². The molecular formula is C13H19FN2O. The summed E-state index contributed by atoms with van der Waals surface area (Å²) in [5.74, 6) is -0.840. The summed E-state index contributed by atoms with van der Waals surface area (Å²) in [6.45, 7) is 5.79. The molecule has 2 N–H and O–H groups in total. The monoisotopic (exact) mass is 238 g/mol. The van der Waals surface area contributed by atoms with Crippen LogP contribution in [-0.2, 0) is 0 Å². The predicted octanol–water partition coefficient (Wildman–Crippen LogP) is 1.94. The van der Waals surface area contributed by atoms with Gasteiger partial charge in [0.2, 0.25) is 0 Å². The molecule has 0 bridgehead atoms. The summed E-state index contributed by atoms with van der Waals surface area (Å²) in [5, 5.41) is 0. The summed E-state index contributed by atoms with van der Waals surface area (Å²) in [5.41, 5.74) is 5.98. The molecule has 0 heterocycles. The second-order valence-corrected chi connectivity index (χ2v) is 4.86. The molecule has 0 aromatic heterocycles. The molecule has 0 atom stereocenters. The third-order valence-corrected chi connectivity index (χ3v) is 3.07. The maximum Gasteiger partial charge on any atom is 0.257 e. The minimum absolute atomic E-state index is 0.0830. The minimum Gasteiger partial charge on any atom is -0.335 e. The Labute approximate surface area is 101 Å². The SMILES string of the molecule is Cc1ccc(C(=O)N(C)C(C)(C)CN)c(F)c1. The molecule has 0 radical (unpaired) electrons. The van der Waals surface area contributed by atoms with Gasteiger partial charge in [0.1, 0.15) is 5.82 Å². The fourth-order valence-corrected chi connectivity index (χ4v) is 1.39. The molecule has 0 saturated heterocycles. The highest BCUT2D eigenvalue weighted by Gasteiger charge is 2.28. The van der Waals surface area contributed by atoms with E-state index in [-0.39, 0.29) is 11.5 Å². The van der Waals surface area contributed by atoms with Gasteiger partial charge in [0.25, 0.3) is 5.91 Å². The van der Waals surface area contributed by atoms with Gasteiger partial charge in [0, 0.05) is 19.1 Å². The molecule has 1 rings (SSSR count). The molecule has 0 fully saturated rings. The second kappa shape index (κ2) is 4.84. The van der Waals surface area contributed by atoms with Crippen LogP contribution in [0.2, 0.25) is 0 Å². The van der Waals surface area contributed by atoms with Gasteiger partial charge in [-0.15, -0.1) is 0 Å². The third kappa shape index (κ3) is 2.82. The van der Waals surface area contributed by atoms with Crippen LogP contribution in [-0.4, -0.2) is 29.9 Å². The summed E-state index contributed by atoms with van der Waals surface area (Å²) in [6, 6.07) is 4.59. The number of carbonyl (C=O) groups excluding carboxylic acids is 1. The Morgan fingerprint density at radius 1 is 1.47 bits per heavy atom. The number of benzene rings is 1. The molecule has 0 unspecified atom stereocenters. The molecule has 0 spiro atoms. The summed E-state index contributed by atoms with van der Waals surface area (Å²) < 4.78 is 13.7. The first-order chi connectivity index (χ1) is 7.79. The first kappa shape index (κ1) is 13.6. The van der Waals surface area contributed by atoms with Gasteiger partial charge in [-0.25, -0.2) is 4.39 Å². The zero-order valence-corrected chi connectivity index (χ0v) is 10.7. The van der Waals surface area contributed by atoms with E-state index >= 15 is 0 Å². The number of aryl methyl sites for hydroxylation is 1. The lowest BCUT2D eigenvalue weighted by Gasteiger charge is -2.34. The first-order valence-electron chi connectivity index (χ1n) is 5.54. The molecule has 94 valence electrons. The molecule has 1 aromatic rings. The van der Waals surface area contributed by atoms with Crippen molar-refractivity contribution >= 4 is 5.91 Å². The van der Waals surface area contributed by atoms with Crippen LogP contribution in [0.15, 0.2) is 18.2 Å². The average Bonchev–Trinajstić information content (AvgIpc) is 2.27. The Morgan fingerprint density at radius 2 is 2.06 bits per heavy atom. The standard InChI is InChI=1S/C13H19FN2O/c1-9-5-6-10(11(14)7-9)12(17)16(4)13(2,3)8-15/h5-7H,8,15H2,1-4H3. The Balaban J connectivity index is 3.05. The van der Waals surface area contributed by atoms with Crippen molar-refractivity contribution < 1.29 is 9.18 Å². The van der Waals surface area contributed by atoms with Crippen molar-refractivity contribution in [3.05, 3.63) is 35.1 Å². The molecule has 1 aromatic carbocycles. The Morgan fingerprint density at radius 3 is 2.53 bits per heavy atom. The van der Waals surface area contributed by atoms with Crippen LogP contribution in [0.1, 0.15) is 29.8 Å². The van der Waals surface area contributed by atoms with Crippen molar-refractivity contribution in [1.29, 1.82) is 0 Å². The van der Waals surface area contributed by atoms with Crippen molar-refractivity contribution in [2.75, 3.05) is 13.6 Å². The largest absolute Gasteiger partial charge is 0.335 e. The Hall–Kier alpha value is -1.42. The highest BCUT2D eigenvalue weighted by molar-refractivity contribution is 5.94. The summed E-state index contributed by atoms with van der Waals surface area (Å²) >= 11 is 0. The number of hydrogen-bond acceptors (Lipinski definition) is 2. The van der Waals surface area contributed by atoms with Gasteiger partial charge < -0.3 is 10.6 Å². The van der Waals surface area contributed by atoms with Gasteiger partial charge in [-0.1, -0.05) is 6.07 Å². The van der Waals surface area contributed by atoms with E-state index in [1.165, 1.54) is 17.0 Å². The van der Waals surface area contributed by atoms with Gasteiger partial charge in [0.15, 0.2) is 0 Å². The fraction of sp³-hybridized carbons (Fsp3) is 0.462. The van der Waals surface area contributed by atoms with Crippen LogP contribution in [0.25, 0.3) is 0 Å². The van der Waals surface area contributed by atoms with Crippen molar-refractivity contribution in [3.63, 3.8) is 0 Å². The highest BCUT2D eigenvalue weighted by Crippen LogP contribution is 2.17. The van der Waals surface area contributed by atoms with Crippen molar-refractivity contribution in [2.45, 2.75) is 26.3 Å². The Kier molecular flexibility index (Phi) is 3.88. The maximum absolute atomic E-state index is 13.7. The van der Waals surface area contributed by atoms with Gasteiger partial charge in [-0.2, -0.15) is 0 Å². The van der Waals surface area contributed by atoms with Gasteiger partial charge in [-0.05, 0) is 38.5 Å². The van der Waals surface area contributed by atoms with Crippen LogP contribution in [0.5, 0.6) is 0 Å². The number of rotatable bonds is 3. The zero-order valence-electron chi connectivity index (χ0n) is 10.7. The number of likely N-dealkylation sites (N-methyl/N-ethyl adjacent to an activating group) is 1. The van der Waals surface area contributed by atoms with E-state index in [0.717, 1.165) is 5.56 Å². The number of nitrogens with zero attached hydrogens (tertiary/aromatic N) is 1. The van der Waals surface area contributed by atoms with E-state index in [4.69, 9.17) is 5.73 Å². The summed E-state index contributed by atoms with van der Waals surface area (Å²) in [4.78, 5) is 13.6. The molecule has 1 amide bonds. The zero-order chi connectivity index (χ0) is 13.2. The van der Waals surface area contributed by atoms with E-state index in [9.17, 15) is 9.18 Å². The number of amides is 1. The summed E-state index contributed by atoms with van der Waals surface area (Å²) in [7, 11) is 1.63.